The molecular formula is C6H4FIN2O2. The molecule has 0 aliphatic heterocycles. The minimum absolute atomic E-state index is 0.106. The first-order chi connectivity index (χ1) is 5.61. The first-order valence-electron chi connectivity index (χ1n) is 2.91. The Hall–Kier alpha value is -0.920. The monoisotopic (exact) mass is 282 g/mol. The van der Waals surface area contributed by atoms with Crippen LogP contribution in [0.1, 0.15) is 0 Å². The first-order valence-corrected chi connectivity index (χ1v) is 3.99. The number of hydrogen-bond acceptors (Lipinski definition) is 2. The molecule has 4 nitrogen and oxygen atoms in total. The van der Waals surface area contributed by atoms with Crippen LogP contribution < -0.4 is 5.32 Å². The van der Waals surface area contributed by atoms with Crippen LogP contribution in [-0.2, 0) is 0 Å². The number of halogens is 2. The zero-order valence-corrected chi connectivity index (χ0v) is 7.87. The highest BCUT2D eigenvalue weighted by Crippen LogP contribution is 2.19. The lowest BCUT2D eigenvalue weighted by molar-refractivity contribution is 0.209. The Kier molecular flexibility index (Phi) is 2.79. The summed E-state index contributed by atoms with van der Waals surface area (Å²) >= 11 is 1.81. The molecule has 0 atom stereocenters. The normalized spacial score (nSPS) is 9.50. The second-order valence-electron chi connectivity index (χ2n) is 1.89. The maximum Gasteiger partial charge on any atom is 0.409 e. The van der Waals surface area contributed by atoms with Gasteiger partial charge in [0.1, 0.15) is 5.69 Å². The van der Waals surface area contributed by atoms with Gasteiger partial charge in [0.05, 0.1) is 0 Å². The average molecular weight is 282 g/mol. The van der Waals surface area contributed by atoms with E-state index < -0.39 is 12.0 Å². The van der Waals surface area contributed by atoms with Gasteiger partial charge in [0.25, 0.3) is 0 Å². The Morgan fingerprint density at radius 1 is 1.75 bits per heavy atom. The maximum atomic E-state index is 12.8. The third-order valence-corrected chi connectivity index (χ3v) is 1.98. The number of pyridine rings is 1. The Balaban J connectivity index is 3.04. The molecule has 0 bridgehead atoms. The van der Waals surface area contributed by atoms with Gasteiger partial charge in [-0.3, -0.25) is 5.32 Å². The smallest absolute Gasteiger partial charge is 0.409 e. The number of aromatic nitrogens is 1. The highest BCUT2D eigenvalue weighted by atomic mass is 127. The average Bonchev–Trinajstić information content (AvgIpc) is 1.97. The molecule has 0 saturated carbocycles. The molecule has 1 rings (SSSR count). The molecule has 64 valence electrons. The molecule has 1 amide bonds. The number of carbonyl (C=O) groups is 1. The Morgan fingerprint density at radius 2 is 2.42 bits per heavy atom. The summed E-state index contributed by atoms with van der Waals surface area (Å²) in [6.07, 6.45) is -0.0377. The van der Waals surface area contributed by atoms with E-state index in [1.807, 2.05) is 27.9 Å². The first kappa shape index (κ1) is 9.17. The molecule has 1 aromatic heterocycles. The third-order valence-electron chi connectivity index (χ3n) is 1.09. The zero-order valence-electron chi connectivity index (χ0n) is 5.71. The van der Waals surface area contributed by atoms with Gasteiger partial charge >= 0.3 is 6.09 Å². The van der Waals surface area contributed by atoms with Crippen molar-refractivity contribution in [2.24, 2.45) is 0 Å². The second-order valence-corrected chi connectivity index (χ2v) is 3.05. The van der Waals surface area contributed by atoms with Crippen molar-refractivity contribution in [3.8, 4) is 0 Å². The van der Waals surface area contributed by atoms with E-state index in [0.717, 1.165) is 0 Å². The van der Waals surface area contributed by atoms with Crippen molar-refractivity contribution in [2.75, 3.05) is 5.32 Å². The van der Waals surface area contributed by atoms with Crippen molar-refractivity contribution in [1.29, 1.82) is 0 Å². The lowest BCUT2D eigenvalue weighted by Gasteiger charge is -2.02. The van der Waals surface area contributed by atoms with Crippen molar-refractivity contribution in [3.63, 3.8) is 0 Å². The number of nitrogens with one attached hydrogen (secondary N) is 1. The van der Waals surface area contributed by atoms with Gasteiger partial charge < -0.3 is 5.11 Å². The summed E-state index contributed by atoms with van der Waals surface area (Å²) in [7, 11) is 0. The van der Waals surface area contributed by atoms with Gasteiger partial charge in [0.15, 0.2) is 0 Å². The van der Waals surface area contributed by atoms with Crippen molar-refractivity contribution in [1.82, 2.24) is 4.98 Å². The predicted molar refractivity (Wildman–Crippen MR) is 48.6 cm³/mol. The van der Waals surface area contributed by atoms with Gasteiger partial charge in [-0.1, -0.05) is 0 Å². The van der Waals surface area contributed by atoms with Crippen molar-refractivity contribution in [3.05, 3.63) is 21.8 Å². The minimum atomic E-state index is -1.31. The van der Waals surface area contributed by atoms with E-state index in [1.165, 1.54) is 12.3 Å². The third kappa shape index (κ3) is 2.03. The topological polar surface area (TPSA) is 62.2 Å². The van der Waals surface area contributed by atoms with Crippen molar-refractivity contribution < 1.29 is 14.3 Å². The summed E-state index contributed by atoms with van der Waals surface area (Å²) in [5.74, 6) is -0.815. The van der Waals surface area contributed by atoms with Gasteiger partial charge in [-0.25, -0.2) is 9.78 Å². The van der Waals surface area contributed by atoms with Crippen molar-refractivity contribution >= 4 is 34.4 Å². The molecule has 0 fully saturated rings. The van der Waals surface area contributed by atoms with Crippen LogP contribution in [0.2, 0.25) is 0 Å². The summed E-state index contributed by atoms with van der Waals surface area (Å²) in [6.45, 7) is 0. The molecule has 12 heavy (non-hydrogen) atoms. The molecule has 0 aliphatic rings. The van der Waals surface area contributed by atoms with E-state index in [2.05, 4.69) is 4.98 Å². The SMILES string of the molecule is O=C(O)Nc1c(I)ccnc1F. The fraction of sp³-hybridized carbons (Fsp3) is 0. The van der Waals surface area contributed by atoms with Crippen LogP contribution in [0.5, 0.6) is 0 Å². The fourth-order valence-electron chi connectivity index (χ4n) is 0.633. The Morgan fingerprint density at radius 3 is 2.92 bits per heavy atom. The van der Waals surface area contributed by atoms with Gasteiger partial charge in [-0.15, -0.1) is 0 Å². The number of anilines is 1. The van der Waals surface area contributed by atoms with Crippen LogP contribution >= 0.6 is 22.6 Å². The Bertz CT molecular complexity index is 298. The van der Waals surface area contributed by atoms with E-state index in [0.29, 0.717) is 3.57 Å². The van der Waals surface area contributed by atoms with Gasteiger partial charge in [0.2, 0.25) is 5.95 Å². The van der Waals surface area contributed by atoms with Gasteiger partial charge in [0, 0.05) is 9.77 Å². The van der Waals surface area contributed by atoms with E-state index in [9.17, 15) is 9.18 Å². The summed E-state index contributed by atoms with van der Waals surface area (Å²) < 4.78 is 13.2. The molecule has 0 saturated heterocycles. The summed E-state index contributed by atoms with van der Waals surface area (Å²) in [4.78, 5) is 13.5. The van der Waals surface area contributed by atoms with E-state index in [4.69, 9.17) is 5.11 Å². The molecule has 1 aromatic rings. The summed E-state index contributed by atoms with van der Waals surface area (Å²) in [5.41, 5.74) is -0.106. The fourth-order valence-corrected chi connectivity index (χ4v) is 1.15. The van der Waals surface area contributed by atoms with Gasteiger partial charge in [-0.05, 0) is 28.7 Å². The zero-order chi connectivity index (χ0) is 9.14. The second kappa shape index (κ2) is 3.65. The Labute approximate surface area is 80.9 Å². The van der Waals surface area contributed by atoms with E-state index in [1.54, 1.807) is 0 Å². The van der Waals surface area contributed by atoms with E-state index >= 15 is 0 Å². The molecule has 1 heterocycles. The maximum absolute atomic E-state index is 12.8. The van der Waals surface area contributed by atoms with Gasteiger partial charge in [-0.2, -0.15) is 4.39 Å². The molecule has 0 aliphatic carbocycles. The number of hydrogen-bond donors (Lipinski definition) is 2. The molecular weight excluding hydrogens is 278 g/mol. The molecule has 2 N–H and O–H groups in total. The quantitative estimate of drug-likeness (QED) is 0.611. The van der Waals surface area contributed by atoms with Crippen LogP contribution in [-0.4, -0.2) is 16.2 Å². The minimum Gasteiger partial charge on any atom is -0.465 e. The summed E-state index contributed by atoms with van der Waals surface area (Å²) in [6, 6.07) is 1.51. The van der Waals surface area contributed by atoms with Crippen molar-refractivity contribution in [2.45, 2.75) is 0 Å². The standard InChI is InChI=1S/C6H4FIN2O2/c7-5-4(10-6(11)12)3(8)1-2-9-5/h1-2,10H,(H,11,12). The molecule has 6 heteroatoms. The lowest BCUT2D eigenvalue weighted by Crippen LogP contribution is -2.10. The largest absolute Gasteiger partial charge is 0.465 e. The number of amides is 1. The predicted octanol–water partition coefficient (Wildman–Crippen LogP) is 1.92. The summed E-state index contributed by atoms with van der Waals surface area (Å²) in [5, 5.41) is 10.2. The molecule has 0 radical (unpaired) electrons. The van der Waals surface area contributed by atoms with E-state index in [-0.39, 0.29) is 5.69 Å². The highest BCUT2D eigenvalue weighted by Gasteiger charge is 2.09. The number of rotatable bonds is 1. The van der Waals surface area contributed by atoms with Crippen LogP contribution in [0.3, 0.4) is 0 Å². The number of carboxylic acid groups (broad SMARTS) is 1. The number of nitrogens with zero attached hydrogens (tertiary/aromatic N) is 1. The van der Waals surface area contributed by atoms with Crippen LogP contribution in [0.15, 0.2) is 12.3 Å². The lowest BCUT2D eigenvalue weighted by atomic mass is 10.4. The van der Waals surface area contributed by atoms with Crippen LogP contribution in [0.25, 0.3) is 0 Å². The van der Waals surface area contributed by atoms with Crippen LogP contribution in [0, 0.1) is 9.52 Å². The molecule has 0 aromatic carbocycles. The highest BCUT2D eigenvalue weighted by molar-refractivity contribution is 14.1. The molecule has 0 unspecified atom stereocenters. The van der Waals surface area contributed by atoms with Crippen LogP contribution in [0.4, 0.5) is 14.9 Å². The molecule has 0 spiro atoms.